The number of thiazole rings is 1. The molecule has 1 amide bonds. The number of carbonyl (C=O) groups excluding carboxylic acids is 1. The van der Waals surface area contributed by atoms with E-state index in [1.807, 2.05) is 31.4 Å². The van der Waals surface area contributed by atoms with Crippen LogP contribution in [-0.2, 0) is 7.05 Å². The first kappa shape index (κ1) is 14.8. The highest BCUT2D eigenvalue weighted by Crippen LogP contribution is 2.42. The molecule has 1 aromatic carbocycles. The second-order valence-electron chi connectivity index (χ2n) is 5.82. The van der Waals surface area contributed by atoms with Crippen molar-refractivity contribution in [2.75, 3.05) is 11.9 Å². The summed E-state index contributed by atoms with van der Waals surface area (Å²) in [6, 6.07) is 5.96. The first-order valence-electron chi connectivity index (χ1n) is 7.40. The van der Waals surface area contributed by atoms with Crippen molar-refractivity contribution in [3.63, 3.8) is 0 Å². The van der Waals surface area contributed by atoms with Crippen LogP contribution in [0.5, 0.6) is 0 Å². The maximum atomic E-state index is 12.9. The Bertz CT molecular complexity index is 912. The maximum absolute atomic E-state index is 12.9. The summed E-state index contributed by atoms with van der Waals surface area (Å²) in [6.45, 7) is 0. The molecule has 2 aromatic heterocycles. The summed E-state index contributed by atoms with van der Waals surface area (Å²) >= 11 is 4.97. The molecule has 1 aliphatic carbocycles. The molecule has 2 heterocycles. The molecule has 0 unspecified atom stereocenters. The molecule has 1 fully saturated rings. The highest BCUT2D eigenvalue weighted by molar-refractivity contribution is 9.10. The Labute approximate surface area is 146 Å². The monoisotopic (exact) mass is 390 g/mol. The summed E-state index contributed by atoms with van der Waals surface area (Å²) in [6.07, 6.45) is 4.11. The summed E-state index contributed by atoms with van der Waals surface area (Å²) < 4.78 is 3.73. The minimum Gasteiger partial charge on any atom is -0.286 e. The van der Waals surface area contributed by atoms with E-state index in [1.54, 1.807) is 16.6 Å². The van der Waals surface area contributed by atoms with E-state index in [0.717, 1.165) is 33.1 Å². The van der Waals surface area contributed by atoms with Gasteiger partial charge in [-0.25, -0.2) is 4.98 Å². The first-order valence-corrected chi connectivity index (χ1v) is 9.01. The third-order valence-electron chi connectivity index (χ3n) is 4.12. The average molecular weight is 391 g/mol. The van der Waals surface area contributed by atoms with E-state index in [0.29, 0.717) is 16.7 Å². The zero-order chi connectivity index (χ0) is 16.1. The fourth-order valence-electron chi connectivity index (χ4n) is 2.69. The van der Waals surface area contributed by atoms with E-state index < -0.39 is 0 Å². The molecule has 23 heavy (non-hydrogen) atoms. The molecule has 3 aromatic rings. The lowest BCUT2D eigenvalue weighted by Crippen LogP contribution is -2.29. The van der Waals surface area contributed by atoms with Gasteiger partial charge >= 0.3 is 0 Å². The quantitative estimate of drug-likeness (QED) is 0.680. The van der Waals surface area contributed by atoms with Crippen LogP contribution < -0.4 is 4.90 Å². The van der Waals surface area contributed by atoms with E-state index in [2.05, 4.69) is 26.0 Å². The van der Waals surface area contributed by atoms with Crippen molar-refractivity contribution in [3.05, 3.63) is 40.1 Å². The van der Waals surface area contributed by atoms with Gasteiger partial charge in [-0.15, -0.1) is 0 Å². The molecule has 0 aliphatic heterocycles. The number of rotatable bonds is 3. The van der Waals surface area contributed by atoms with Crippen molar-refractivity contribution in [2.24, 2.45) is 7.05 Å². The summed E-state index contributed by atoms with van der Waals surface area (Å²) in [7, 11) is 3.60. The van der Waals surface area contributed by atoms with Crippen molar-refractivity contribution in [1.82, 2.24) is 14.8 Å². The molecule has 0 N–H and O–H groups in total. The largest absolute Gasteiger partial charge is 0.286 e. The summed E-state index contributed by atoms with van der Waals surface area (Å²) in [5.41, 5.74) is 2.63. The number of anilines is 1. The average Bonchev–Trinajstić information content (AvgIpc) is 3.17. The number of benzene rings is 1. The fraction of sp³-hybridized carbons (Fsp3) is 0.312. The standard InChI is InChI=1S/C16H15BrN4OS/c1-20(16-19-12-7-10(17)5-6-13(12)23-16)15(22)14-11(9-3-4-9)8-18-21(14)2/h5-9H,3-4H2,1-2H3. The second-order valence-corrected chi connectivity index (χ2v) is 7.74. The van der Waals surface area contributed by atoms with Crippen LogP contribution in [0, 0.1) is 0 Å². The fourth-order valence-corrected chi connectivity index (χ4v) is 3.94. The third kappa shape index (κ3) is 2.57. The summed E-state index contributed by atoms with van der Waals surface area (Å²) in [5.74, 6) is 0.437. The normalized spacial score (nSPS) is 14.4. The SMILES string of the molecule is CN(C(=O)c1c(C2CC2)cnn1C)c1nc2cc(Br)ccc2s1. The number of hydrogen-bond donors (Lipinski definition) is 0. The minimum atomic E-state index is -0.0509. The van der Waals surface area contributed by atoms with E-state index in [9.17, 15) is 4.79 Å². The van der Waals surface area contributed by atoms with Gasteiger partial charge in [0.1, 0.15) is 5.69 Å². The summed E-state index contributed by atoms with van der Waals surface area (Å²) in [4.78, 5) is 19.2. The number of amides is 1. The highest BCUT2D eigenvalue weighted by Gasteiger charge is 2.32. The number of hydrogen-bond acceptors (Lipinski definition) is 4. The molecule has 118 valence electrons. The van der Waals surface area contributed by atoms with Crippen molar-refractivity contribution in [2.45, 2.75) is 18.8 Å². The second kappa shape index (κ2) is 5.42. The Balaban J connectivity index is 1.71. The molecular formula is C16H15BrN4OS. The van der Waals surface area contributed by atoms with E-state index >= 15 is 0 Å². The predicted octanol–water partition coefficient (Wildman–Crippen LogP) is 3.95. The maximum Gasteiger partial charge on any atom is 0.278 e. The van der Waals surface area contributed by atoms with Crippen LogP contribution in [0.1, 0.15) is 34.8 Å². The minimum absolute atomic E-state index is 0.0509. The lowest BCUT2D eigenvalue weighted by molar-refractivity contribution is 0.0983. The van der Waals surface area contributed by atoms with Crippen LogP contribution in [0.2, 0.25) is 0 Å². The number of halogens is 1. The van der Waals surface area contributed by atoms with Gasteiger partial charge in [-0.05, 0) is 37.0 Å². The number of aromatic nitrogens is 3. The van der Waals surface area contributed by atoms with Gasteiger partial charge in [0.05, 0.1) is 16.4 Å². The smallest absolute Gasteiger partial charge is 0.278 e. The number of carbonyl (C=O) groups is 1. The topological polar surface area (TPSA) is 51.0 Å². The van der Waals surface area contributed by atoms with Gasteiger partial charge in [0.2, 0.25) is 0 Å². The van der Waals surface area contributed by atoms with Crippen molar-refractivity contribution in [3.8, 4) is 0 Å². The molecule has 0 atom stereocenters. The molecule has 0 spiro atoms. The Morgan fingerprint density at radius 3 is 2.96 bits per heavy atom. The molecule has 4 rings (SSSR count). The molecule has 7 heteroatoms. The molecule has 5 nitrogen and oxygen atoms in total. The summed E-state index contributed by atoms with van der Waals surface area (Å²) in [5, 5.41) is 4.98. The van der Waals surface area contributed by atoms with Crippen LogP contribution >= 0.6 is 27.3 Å². The van der Waals surface area contributed by atoms with Gasteiger partial charge < -0.3 is 0 Å². The van der Waals surface area contributed by atoms with Crippen molar-refractivity contribution < 1.29 is 4.79 Å². The predicted molar refractivity (Wildman–Crippen MR) is 95.2 cm³/mol. The van der Waals surface area contributed by atoms with E-state index in [-0.39, 0.29) is 5.91 Å². The van der Waals surface area contributed by atoms with Gasteiger partial charge in [0.25, 0.3) is 5.91 Å². The Hall–Kier alpha value is -1.73. The highest BCUT2D eigenvalue weighted by atomic mass is 79.9. The lowest BCUT2D eigenvalue weighted by Gasteiger charge is -2.15. The van der Waals surface area contributed by atoms with Crippen LogP contribution in [0.4, 0.5) is 5.13 Å². The number of fused-ring (bicyclic) bond motifs is 1. The van der Waals surface area contributed by atoms with Gasteiger partial charge in [0.15, 0.2) is 5.13 Å². The first-order chi connectivity index (χ1) is 11.0. The molecule has 0 radical (unpaired) electrons. The van der Waals surface area contributed by atoms with E-state index in [4.69, 9.17) is 0 Å². The third-order valence-corrected chi connectivity index (χ3v) is 5.72. The van der Waals surface area contributed by atoms with Crippen LogP contribution in [0.15, 0.2) is 28.9 Å². The van der Waals surface area contributed by atoms with Crippen LogP contribution in [0.3, 0.4) is 0 Å². The zero-order valence-electron chi connectivity index (χ0n) is 12.8. The van der Waals surface area contributed by atoms with Crippen molar-refractivity contribution >= 4 is 48.5 Å². The van der Waals surface area contributed by atoms with Gasteiger partial charge in [-0.3, -0.25) is 14.4 Å². The lowest BCUT2D eigenvalue weighted by atomic mass is 10.1. The van der Waals surface area contributed by atoms with Gasteiger partial charge in [0, 0.05) is 24.1 Å². The van der Waals surface area contributed by atoms with Gasteiger partial charge in [-0.2, -0.15) is 5.10 Å². The molecule has 0 bridgehead atoms. The molecule has 1 aliphatic rings. The Morgan fingerprint density at radius 1 is 1.43 bits per heavy atom. The van der Waals surface area contributed by atoms with Crippen molar-refractivity contribution in [1.29, 1.82) is 0 Å². The van der Waals surface area contributed by atoms with Crippen LogP contribution in [0.25, 0.3) is 10.2 Å². The number of nitrogens with zero attached hydrogens (tertiary/aromatic N) is 4. The Kier molecular flexibility index (Phi) is 3.50. The van der Waals surface area contributed by atoms with Gasteiger partial charge in [-0.1, -0.05) is 27.3 Å². The van der Waals surface area contributed by atoms with E-state index in [1.165, 1.54) is 11.3 Å². The molecule has 0 saturated heterocycles. The molecular weight excluding hydrogens is 376 g/mol. The zero-order valence-corrected chi connectivity index (χ0v) is 15.2. The molecule has 1 saturated carbocycles. The Morgan fingerprint density at radius 2 is 2.22 bits per heavy atom. The number of aryl methyl sites for hydroxylation is 1. The van der Waals surface area contributed by atoms with Crippen LogP contribution in [-0.4, -0.2) is 27.7 Å².